The molecule has 3 aromatic rings. The van der Waals surface area contributed by atoms with Crippen LogP contribution in [0.3, 0.4) is 0 Å². The quantitative estimate of drug-likeness (QED) is 0.742. The number of rotatable bonds is 4. The maximum absolute atomic E-state index is 12.0. The first-order chi connectivity index (χ1) is 10.8. The van der Waals surface area contributed by atoms with Crippen molar-refractivity contribution in [2.45, 2.75) is 0 Å². The number of carbonyl (C=O) groups is 1. The Bertz CT molecular complexity index is 806. The van der Waals surface area contributed by atoms with E-state index in [1.165, 1.54) is 17.4 Å². The SMILES string of the molecule is COc1ccccc1/C=C/C(=O)Nc1nc2ccccc2s1. The van der Waals surface area contributed by atoms with Crippen molar-refractivity contribution in [3.05, 3.63) is 60.2 Å². The second-order valence-electron chi connectivity index (χ2n) is 4.55. The van der Waals surface area contributed by atoms with Gasteiger partial charge < -0.3 is 4.74 Å². The number of amides is 1. The predicted molar refractivity (Wildman–Crippen MR) is 90.3 cm³/mol. The number of para-hydroxylation sites is 2. The highest BCUT2D eigenvalue weighted by atomic mass is 32.1. The Morgan fingerprint density at radius 3 is 2.77 bits per heavy atom. The Balaban J connectivity index is 1.73. The molecule has 22 heavy (non-hydrogen) atoms. The van der Waals surface area contributed by atoms with Crippen molar-refractivity contribution < 1.29 is 9.53 Å². The number of fused-ring (bicyclic) bond motifs is 1. The maximum Gasteiger partial charge on any atom is 0.250 e. The van der Waals surface area contributed by atoms with Crippen LogP contribution < -0.4 is 10.1 Å². The summed E-state index contributed by atoms with van der Waals surface area (Å²) in [6.07, 6.45) is 3.20. The predicted octanol–water partition coefficient (Wildman–Crippen LogP) is 3.96. The highest BCUT2D eigenvalue weighted by Crippen LogP contribution is 2.25. The molecule has 0 radical (unpaired) electrons. The van der Waals surface area contributed by atoms with E-state index in [2.05, 4.69) is 10.3 Å². The summed E-state index contributed by atoms with van der Waals surface area (Å²) in [4.78, 5) is 16.4. The van der Waals surface area contributed by atoms with Crippen LogP contribution >= 0.6 is 11.3 Å². The standard InChI is InChI=1S/C17H14N2O2S/c1-21-14-8-4-2-6-12(14)10-11-16(20)19-17-18-13-7-3-5-9-15(13)22-17/h2-11H,1H3,(H,18,19,20)/b11-10+. The molecule has 1 aromatic heterocycles. The molecular weight excluding hydrogens is 296 g/mol. The van der Waals surface area contributed by atoms with Gasteiger partial charge in [-0.3, -0.25) is 10.1 Å². The fourth-order valence-electron chi connectivity index (χ4n) is 2.04. The normalized spacial score (nSPS) is 11.0. The second-order valence-corrected chi connectivity index (χ2v) is 5.58. The van der Waals surface area contributed by atoms with Gasteiger partial charge in [-0.05, 0) is 24.3 Å². The van der Waals surface area contributed by atoms with Crippen LogP contribution in [0.15, 0.2) is 54.6 Å². The number of hydrogen-bond acceptors (Lipinski definition) is 4. The monoisotopic (exact) mass is 310 g/mol. The third-order valence-corrected chi connectivity index (χ3v) is 4.03. The van der Waals surface area contributed by atoms with Gasteiger partial charge in [0.15, 0.2) is 5.13 Å². The fourth-order valence-corrected chi connectivity index (χ4v) is 2.91. The molecule has 1 amide bonds. The van der Waals surface area contributed by atoms with Crippen LogP contribution in [0.25, 0.3) is 16.3 Å². The summed E-state index contributed by atoms with van der Waals surface area (Å²) in [6.45, 7) is 0. The Hall–Kier alpha value is -2.66. The zero-order valence-electron chi connectivity index (χ0n) is 11.9. The van der Waals surface area contributed by atoms with Crippen molar-refractivity contribution in [3.63, 3.8) is 0 Å². The Morgan fingerprint density at radius 2 is 1.95 bits per heavy atom. The molecule has 2 aromatic carbocycles. The number of ether oxygens (including phenoxy) is 1. The fraction of sp³-hybridized carbons (Fsp3) is 0.0588. The number of aromatic nitrogens is 1. The minimum absolute atomic E-state index is 0.218. The van der Waals surface area contributed by atoms with Gasteiger partial charge in [0.05, 0.1) is 17.3 Å². The molecule has 5 heteroatoms. The van der Waals surface area contributed by atoms with E-state index in [0.29, 0.717) is 5.13 Å². The average Bonchev–Trinajstić information content (AvgIpc) is 2.95. The number of nitrogens with zero attached hydrogens (tertiary/aromatic N) is 1. The van der Waals surface area contributed by atoms with E-state index in [4.69, 9.17) is 4.74 Å². The highest BCUT2D eigenvalue weighted by molar-refractivity contribution is 7.22. The molecule has 1 N–H and O–H groups in total. The lowest BCUT2D eigenvalue weighted by Gasteiger charge is -2.03. The first-order valence-electron chi connectivity index (χ1n) is 6.74. The molecule has 0 saturated heterocycles. The number of hydrogen-bond donors (Lipinski definition) is 1. The molecule has 0 unspecified atom stereocenters. The number of carbonyl (C=O) groups excluding carboxylic acids is 1. The molecule has 1 heterocycles. The van der Waals surface area contributed by atoms with Gasteiger partial charge in [-0.2, -0.15) is 0 Å². The molecule has 0 aliphatic rings. The first-order valence-corrected chi connectivity index (χ1v) is 7.55. The number of nitrogens with one attached hydrogen (secondary N) is 1. The number of thiazole rings is 1. The van der Waals surface area contributed by atoms with Gasteiger partial charge in [0.25, 0.3) is 0 Å². The molecule has 0 spiro atoms. The van der Waals surface area contributed by atoms with E-state index in [-0.39, 0.29) is 5.91 Å². The van der Waals surface area contributed by atoms with Crippen molar-refractivity contribution in [1.29, 1.82) is 0 Å². The molecule has 0 atom stereocenters. The van der Waals surface area contributed by atoms with Gasteiger partial charge in [-0.25, -0.2) is 4.98 Å². The summed E-state index contributed by atoms with van der Waals surface area (Å²) in [5.74, 6) is 0.511. The van der Waals surface area contributed by atoms with Crippen LogP contribution in [0.4, 0.5) is 5.13 Å². The van der Waals surface area contributed by atoms with Gasteiger partial charge in [0.2, 0.25) is 5.91 Å². The molecule has 0 fully saturated rings. The molecular formula is C17H14N2O2S. The van der Waals surface area contributed by atoms with Crippen LogP contribution in [0.5, 0.6) is 5.75 Å². The topological polar surface area (TPSA) is 51.2 Å². The van der Waals surface area contributed by atoms with Crippen molar-refractivity contribution in [3.8, 4) is 5.75 Å². The number of methoxy groups -OCH3 is 1. The van der Waals surface area contributed by atoms with Crippen molar-refractivity contribution >= 4 is 38.7 Å². The minimum Gasteiger partial charge on any atom is -0.496 e. The van der Waals surface area contributed by atoms with E-state index < -0.39 is 0 Å². The van der Waals surface area contributed by atoms with Crippen LogP contribution in [0, 0.1) is 0 Å². The smallest absolute Gasteiger partial charge is 0.250 e. The third kappa shape index (κ3) is 3.15. The molecule has 3 rings (SSSR count). The van der Waals surface area contributed by atoms with E-state index in [1.54, 1.807) is 13.2 Å². The van der Waals surface area contributed by atoms with Gasteiger partial charge in [-0.1, -0.05) is 41.7 Å². The summed E-state index contributed by atoms with van der Waals surface area (Å²) in [7, 11) is 1.61. The van der Waals surface area contributed by atoms with Crippen LogP contribution in [0.1, 0.15) is 5.56 Å². The summed E-state index contributed by atoms with van der Waals surface area (Å²) >= 11 is 1.45. The van der Waals surface area contributed by atoms with E-state index >= 15 is 0 Å². The minimum atomic E-state index is -0.218. The maximum atomic E-state index is 12.0. The molecule has 4 nitrogen and oxygen atoms in total. The molecule has 0 aliphatic carbocycles. The third-order valence-electron chi connectivity index (χ3n) is 3.08. The Labute approximate surface area is 132 Å². The largest absolute Gasteiger partial charge is 0.496 e. The lowest BCUT2D eigenvalue weighted by atomic mass is 10.2. The van der Waals surface area contributed by atoms with Crippen LogP contribution in [-0.4, -0.2) is 18.0 Å². The van der Waals surface area contributed by atoms with E-state index in [1.807, 2.05) is 48.5 Å². The summed E-state index contributed by atoms with van der Waals surface area (Å²) in [5, 5.41) is 3.37. The summed E-state index contributed by atoms with van der Waals surface area (Å²) in [6, 6.07) is 15.3. The first kappa shape index (κ1) is 14.3. The molecule has 0 aliphatic heterocycles. The Morgan fingerprint density at radius 1 is 1.18 bits per heavy atom. The molecule has 0 saturated carbocycles. The van der Waals surface area contributed by atoms with E-state index in [0.717, 1.165) is 21.5 Å². The highest BCUT2D eigenvalue weighted by Gasteiger charge is 2.05. The second kappa shape index (κ2) is 6.41. The van der Waals surface area contributed by atoms with Gasteiger partial charge >= 0.3 is 0 Å². The molecule has 0 bridgehead atoms. The van der Waals surface area contributed by atoms with Crippen LogP contribution in [-0.2, 0) is 4.79 Å². The van der Waals surface area contributed by atoms with Crippen molar-refractivity contribution in [1.82, 2.24) is 4.98 Å². The lowest BCUT2D eigenvalue weighted by molar-refractivity contribution is -0.111. The van der Waals surface area contributed by atoms with Gasteiger partial charge in [0, 0.05) is 11.6 Å². The summed E-state index contributed by atoms with van der Waals surface area (Å²) < 4.78 is 6.29. The summed E-state index contributed by atoms with van der Waals surface area (Å²) in [5.41, 5.74) is 1.74. The Kier molecular flexibility index (Phi) is 4.16. The van der Waals surface area contributed by atoms with E-state index in [9.17, 15) is 4.79 Å². The van der Waals surface area contributed by atoms with Gasteiger partial charge in [-0.15, -0.1) is 0 Å². The average molecular weight is 310 g/mol. The van der Waals surface area contributed by atoms with Gasteiger partial charge in [0.1, 0.15) is 5.75 Å². The zero-order chi connectivity index (χ0) is 15.4. The molecule has 110 valence electrons. The van der Waals surface area contributed by atoms with Crippen molar-refractivity contribution in [2.24, 2.45) is 0 Å². The van der Waals surface area contributed by atoms with Crippen molar-refractivity contribution in [2.75, 3.05) is 12.4 Å². The van der Waals surface area contributed by atoms with Crippen LogP contribution in [0.2, 0.25) is 0 Å². The lowest BCUT2D eigenvalue weighted by Crippen LogP contribution is -2.07. The number of benzene rings is 2. The zero-order valence-corrected chi connectivity index (χ0v) is 12.8. The number of anilines is 1.